The lowest BCUT2D eigenvalue weighted by molar-refractivity contribution is -0.665. The summed E-state index contributed by atoms with van der Waals surface area (Å²) in [7, 11) is 0. The molecule has 1 aliphatic heterocycles. The minimum atomic E-state index is 0.949. The van der Waals surface area contributed by atoms with Crippen molar-refractivity contribution in [2.24, 2.45) is 0 Å². The van der Waals surface area contributed by atoms with Crippen molar-refractivity contribution in [1.82, 2.24) is 0 Å². The zero-order chi connectivity index (χ0) is 31.0. The first-order valence-corrected chi connectivity index (χ1v) is 18.0. The summed E-state index contributed by atoms with van der Waals surface area (Å²) in [5.74, 6) is 0. The number of aryl methyl sites for hydroxylation is 1. The van der Waals surface area contributed by atoms with Crippen molar-refractivity contribution in [3.05, 3.63) is 148 Å². The molecule has 0 bridgehead atoms. The van der Waals surface area contributed by atoms with Crippen molar-refractivity contribution < 1.29 is 4.57 Å². The van der Waals surface area contributed by atoms with Gasteiger partial charge in [0, 0.05) is 23.6 Å². The van der Waals surface area contributed by atoms with Crippen molar-refractivity contribution in [2.45, 2.75) is 44.6 Å². The molecule has 1 aliphatic carbocycles. The second kappa shape index (κ2) is 12.4. The normalized spacial score (nSPS) is 17.0. The Morgan fingerprint density at radius 1 is 0.739 bits per heavy atom. The smallest absolute Gasteiger partial charge is 0.262 e. The van der Waals surface area contributed by atoms with E-state index in [0.29, 0.717) is 0 Å². The highest BCUT2D eigenvalue weighted by molar-refractivity contribution is 8.03. The fourth-order valence-electron chi connectivity index (χ4n) is 7.05. The topological polar surface area (TPSA) is 7.12 Å². The number of aromatic nitrogens is 1. The first-order valence-electron chi connectivity index (χ1n) is 16.4. The predicted molar refractivity (Wildman–Crippen MR) is 200 cm³/mol. The van der Waals surface area contributed by atoms with Gasteiger partial charge < -0.3 is 4.90 Å². The molecule has 0 N–H and O–H groups in total. The van der Waals surface area contributed by atoms with Crippen LogP contribution in [0.5, 0.6) is 0 Å². The summed E-state index contributed by atoms with van der Waals surface area (Å²) in [5, 5.41) is 7.81. The maximum Gasteiger partial charge on any atom is 0.262 e. The van der Waals surface area contributed by atoms with Crippen LogP contribution >= 0.6 is 23.1 Å². The Morgan fingerprint density at radius 3 is 2.17 bits per heavy atom. The Bertz CT molecular complexity index is 2230. The van der Waals surface area contributed by atoms with Gasteiger partial charge in [0.15, 0.2) is 0 Å². The van der Waals surface area contributed by atoms with Crippen molar-refractivity contribution in [2.75, 3.05) is 11.4 Å². The van der Waals surface area contributed by atoms with Gasteiger partial charge in [0.2, 0.25) is 5.52 Å². The van der Waals surface area contributed by atoms with Gasteiger partial charge in [-0.3, -0.25) is 0 Å². The summed E-state index contributed by atoms with van der Waals surface area (Å²) >= 11 is 3.79. The van der Waals surface area contributed by atoms with Crippen LogP contribution < -0.4 is 9.47 Å². The van der Waals surface area contributed by atoms with E-state index in [0.717, 1.165) is 32.4 Å². The number of thiazole rings is 1. The van der Waals surface area contributed by atoms with Gasteiger partial charge in [-0.1, -0.05) is 114 Å². The van der Waals surface area contributed by atoms with E-state index >= 15 is 0 Å². The van der Waals surface area contributed by atoms with Gasteiger partial charge in [-0.25, -0.2) is 0 Å². The SMILES string of the molecule is CCN1C(=CC=C2CCCC(C=Cc3sc4cc5ccccc5cc4[n+]3CC)=C2c2ccccc2)Sc2cc3ccccc3cc21. The van der Waals surface area contributed by atoms with Crippen LogP contribution in [-0.4, -0.2) is 6.54 Å². The number of hydrogen-bond acceptors (Lipinski definition) is 3. The minimum absolute atomic E-state index is 0.949. The molecule has 2 heterocycles. The van der Waals surface area contributed by atoms with Crippen LogP contribution in [0.1, 0.15) is 43.7 Å². The second-order valence-corrected chi connectivity index (χ2v) is 14.1. The third-order valence-corrected chi connectivity index (χ3v) is 11.5. The molecule has 0 fully saturated rings. The van der Waals surface area contributed by atoms with Crippen LogP contribution in [0.3, 0.4) is 0 Å². The Balaban J connectivity index is 1.19. The standard InChI is InChI=1S/C42H37N2S2/c1-3-43-36-25-32-15-8-10-17-34(32)27-38(36)45-40(43)23-21-30-19-12-20-31(42(30)29-13-6-5-7-14-29)22-24-41-44(4-2)37-26-33-16-9-11-18-35(33)28-39(37)46-41/h5-11,13-18,21-28H,3-4,12,19-20H2,1-2H3/q+1. The minimum Gasteiger partial charge on any atom is -0.335 e. The maximum absolute atomic E-state index is 2.47. The molecule has 0 unspecified atom stereocenters. The zero-order valence-corrected chi connectivity index (χ0v) is 28.0. The lowest BCUT2D eigenvalue weighted by Gasteiger charge is -2.22. The molecule has 4 heteroatoms. The second-order valence-electron chi connectivity index (χ2n) is 12.0. The molecule has 2 nitrogen and oxygen atoms in total. The Morgan fingerprint density at radius 2 is 1.43 bits per heavy atom. The molecule has 0 radical (unpaired) electrons. The summed E-state index contributed by atoms with van der Waals surface area (Å²) in [6, 6.07) is 37.8. The van der Waals surface area contributed by atoms with Crippen LogP contribution in [-0.2, 0) is 6.54 Å². The molecule has 46 heavy (non-hydrogen) atoms. The number of nitrogens with zero attached hydrogens (tertiary/aromatic N) is 2. The van der Waals surface area contributed by atoms with E-state index in [9.17, 15) is 0 Å². The number of rotatable bonds is 6. The number of thioether (sulfide) groups is 1. The molecule has 226 valence electrons. The summed E-state index contributed by atoms with van der Waals surface area (Å²) in [4.78, 5) is 3.81. The summed E-state index contributed by atoms with van der Waals surface area (Å²) < 4.78 is 3.81. The van der Waals surface area contributed by atoms with Gasteiger partial charge in [-0.05, 0) is 101 Å². The van der Waals surface area contributed by atoms with Crippen LogP contribution in [0.25, 0.3) is 43.4 Å². The summed E-state index contributed by atoms with van der Waals surface area (Å²) in [5.41, 5.74) is 8.19. The fourth-order valence-corrected chi connectivity index (χ4v) is 9.37. The molecular formula is C42H37N2S2+. The molecule has 8 rings (SSSR count). The lowest BCUT2D eigenvalue weighted by atomic mass is 9.83. The average molecular weight is 634 g/mol. The van der Waals surface area contributed by atoms with E-state index in [1.807, 2.05) is 23.1 Å². The van der Waals surface area contributed by atoms with E-state index in [4.69, 9.17) is 0 Å². The van der Waals surface area contributed by atoms with E-state index < -0.39 is 0 Å². The van der Waals surface area contributed by atoms with Crippen LogP contribution in [0, 0.1) is 0 Å². The molecule has 2 aliphatic rings. The Kier molecular flexibility index (Phi) is 7.85. The highest BCUT2D eigenvalue weighted by Gasteiger charge is 2.25. The molecule has 6 aromatic rings. The first-order chi connectivity index (χ1) is 22.7. The number of anilines is 1. The largest absolute Gasteiger partial charge is 0.335 e. The predicted octanol–water partition coefficient (Wildman–Crippen LogP) is 11.6. The number of allylic oxidation sites excluding steroid dienone is 6. The van der Waals surface area contributed by atoms with Gasteiger partial charge >= 0.3 is 0 Å². The van der Waals surface area contributed by atoms with Crippen molar-refractivity contribution in [3.8, 4) is 0 Å². The number of hydrogen-bond donors (Lipinski definition) is 0. The van der Waals surface area contributed by atoms with Gasteiger partial charge in [-0.15, -0.1) is 0 Å². The van der Waals surface area contributed by atoms with E-state index in [2.05, 4.69) is 151 Å². The van der Waals surface area contributed by atoms with Gasteiger partial charge in [0.05, 0.1) is 10.7 Å². The zero-order valence-electron chi connectivity index (χ0n) is 26.4. The van der Waals surface area contributed by atoms with Crippen molar-refractivity contribution >= 4 is 72.2 Å². The quantitative estimate of drug-likeness (QED) is 0.169. The van der Waals surface area contributed by atoms with Crippen LogP contribution in [0.4, 0.5) is 5.69 Å². The highest BCUT2D eigenvalue weighted by Crippen LogP contribution is 2.48. The van der Waals surface area contributed by atoms with E-state index in [1.54, 1.807) is 0 Å². The van der Waals surface area contributed by atoms with Gasteiger partial charge in [-0.2, -0.15) is 4.57 Å². The first kappa shape index (κ1) is 29.1. The lowest BCUT2D eigenvalue weighted by Crippen LogP contribution is -2.33. The molecule has 0 atom stereocenters. The number of fused-ring (bicyclic) bond motifs is 4. The Hall–Kier alpha value is -4.38. The molecule has 0 amide bonds. The third kappa shape index (κ3) is 5.30. The molecule has 0 saturated heterocycles. The monoisotopic (exact) mass is 633 g/mol. The maximum atomic E-state index is 2.47. The number of benzene rings is 5. The molecule has 0 spiro atoms. The molecule has 5 aromatic carbocycles. The molecule has 1 aromatic heterocycles. The molecule has 0 saturated carbocycles. The van der Waals surface area contributed by atoms with Crippen LogP contribution in [0.2, 0.25) is 0 Å². The van der Waals surface area contributed by atoms with Crippen molar-refractivity contribution in [3.63, 3.8) is 0 Å². The van der Waals surface area contributed by atoms with Crippen LogP contribution in [0.15, 0.2) is 142 Å². The van der Waals surface area contributed by atoms with Gasteiger partial charge in [0.25, 0.3) is 5.01 Å². The van der Waals surface area contributed by atoms with E-state index in [-0.39, 0.29) is 0 Å². The van der Waals surface area contributed by atoms with Crippen molar-refractivity contribution in [1.29, 1.82) is 0 Å². The summed E-state index contributed by atoms with van der Waals surface area (Å²) in [6.07, 6.45) is 12.9. The third-order valence-electron chi connectivity index (χ3n) is 9.28. The molecular weight excluding hydrogens is 597 g/mol. The Labute approximate surface area is 279 Å². The highest BCUT2D eigenvalue weighted by atomic mass is 32.2. The van der Waals surface area contributed by atoms with Gasteiger partial charge in [0.1, 0.15) is 11.2 Å². The average Bonchev–Trinajstić information content (AvgIpc) is 3.63. The van der Waals surface area contributed by atoms with E-state index in [1.165, 1.54) is 74.7 Å². The summed E-state index contributed by atoms with van der Waals surface area (Å²) in [6.45, 7) is 6.41. The fraction of sp³-hybridized carbons (Fsp3) is 0.167.